The van der Waals surface area contributed by atoms with Gasteiger partial charge in [0.25, 0.3) is 0 Å². The molecular weight excluding hydrogens is 263 g/mol. The third-order valence-electron chi connectivity index (χ3n) is 3.36. The summed E-state index contributed by atoms with van der Waals surface area (Å²) >= 11 is 6.20. The van der Waals surface area contributed by atoms with Crippen LogP contribution in [0.15, 0.2) is 25.3 Å². The molecule has 1 heterocycles. The van der Waals surface area contributed by atoms with Crippen LogP contribution in [0.4, 0.5) is 4.39 Å². The van der Waals surface area contributed by atoms with Gasteiger partial charge in [-0.05, 0) is 30.7 Å². The minimum absolute atomic E-state index is 0.239. The van der Waals surface area contributed by atoms with Crippen molar-refractivity contribution in [2.24, 2.45) is 0 Å². The number of hydrogen-bond acceptors (Lipinski definition) is 2. The molecule has 0 saturated carbocycles. The zero-order valence-electron chi connectivity index (χ0n) is 11.1. The standard InChI is InChI=1S/C15H18ClFN2/c1-4-6-18-10(2)14-13(16)8-11-9-19(3)7-5-12(11)15(14)17/h4,8,18H,1-2,5-7,9H2,3H3. The molecule has 0 amide bonds. The van der Waals surface area contributed by atoms with Crippen molar-refractivity contribution in [3.63, 3.8) is 0 Å². The third-order valence-corrected chi connectivity index (χ3v) is 3.66. The zero-order chi connectivity index (χ0) is 14.0. The maximum absolute atomic E-state index is 14.6. The van der Waals surface area contributed by atoms with Crippen LogP contribution in [0.2, 0.25) is 5.02 Å². The van der Waals surface area contributed by atoms with E-state index >= 15 is 0 Å². The molecule has 1 aromatic carbocycles. The lowest BCUT2D eigenvalue weighted by atomic mass is 9.95. The first-order valence-corrected chi connectivity index (χ1v) is 6.64. The highest BCUT2D eigenvalue weighted by Gasteiger charge is 2.22. The van der Waals surface area contributed by atoms with Gasteiger partial charge in [-0.25, -0.2) is 4.39 Å². The van der Waals surface area contributed by atoms with Gasteiger partial charge in [0, 0.05) is 25.3 Å². The number of fused-ring (bicyclic) bond motifs is 1. The van der Waals surface area contributed by atoms with E-state index in [9.17, 15) is 4.39 Å². The maximum Gasteiger partial charge on any atom is 0.137 e. The van der Waals surface area contributed by atoms with Gasteiger partial charge in [-0.1, -0.05) is 24.3 Å². The van der Waals surface area contributed by atoms with Gasteiger partial charge in [0.15, 0.2) is 0 Å². The molecule has 0 spiro atoms. The molecule has 2 rings (SSSR count). The molecule has 0 bridgehead atoms. The predicted octanol–water partition coefficient (Wildman–Crippen LogP) is 3.21. The average Bonchev–Trinajstić information content (AvgIpc) is 2.35. The van der Waals surface area contributed by atoms with Crippen LogP contribution >= 0.6 is 11.6 Å². The largest absolute Gasteiger partial charge is 0.381 e. The number of likely N-dealkylation sites (N-methyl/N-ethyl adjacent to an activating group) is 1. The summed E-state index contributed by atoms with van der Waals surface area (Å²) in [4.78, 5) is 2.16. The lowest BCUT2D eigenvalue weighted by Crippen LogP contribution is -2.28. The molecule has 1 aromatic rings. The average molecular weight is 281 g/mol. The van der Waals surface area contributed by atoms with Gasteiger partial charge in [-0.2, -0.15) is 0 Å². The van der Waals surface area contributed by atoms with E-state index < -0.39 is 0 Å². The summed E-state index contributed by atoms with van der Waals surface area (Å²) in [5.41, 5.74) is 2.62. The van der Waals surface area contributed by atoms with Crippen molar-refractivity contribution in [3.8, 4) is 0 Å². The maximum atomic E-state index is 14.6. The summed E-state index contributed by atoms with van der Waals surface area (Å²) in [6.45, 7) is 9.60. The van der Waals surface area contributed by atoms with Crippen molar-refractivity contribution in [3.05, 3.63) is 52.8 Å². The molecule has 19 heavy (non-hydrogen) atoms. The lowest BCUT2D eigenvalue weighted by Gasteiger charge is -2.27. The van der Waals surface area contributed by atoms with Gasteiger partial charge >= 0.3 is 0 Å². The van der Waals surface area contributed by atoms with Gasteiger partial charge in [0.05, 0.1) is 10.6 Å². The first kappa shape index (κ1) is 14.1. The molecule has 0 saturated heterocycles. The van der Waals surface area contributed by atoms with Crippen LogP contribution in [0.5, 0.6) is 0 Å². The molecule has 0 unspecified atom stereocenters. The fraction of sp³-hybridized carbons (Fsp3) is 0.333. The Balaban J connectivity index is 2.40. The van der Waals surface area contributed by atoms with Crippen LogP contribution in [-0.4, -0.2) is 25.0 Å². The molecule has 0 radical (unpaired) electrons. The quantitative estimate of drug-likeness (QED) is 0.852. The van der Waals surface area contributed by atoms with Gasteiger partial charge in [0.1, 0.15) is 5.82 Å². The minimum atomic E-state index is -0.239. The molecule has 102 valence electrons. The fourth-order valence-electron chi connectivity index (χ4n) is 2.35. The van der Waals surface area contributed by atoms with Crippen LogP contribution in [0.1, 0.15) is 16.7 Å². The zero-order valence-corrected chi connectivity index (χ0v) is 11.9. The second kappa shape index (κ2) is 5.76. The topological polar surface area (TPSA) is 15.3 Å². The van der Waals surface area contributed by atoms with Crippen LogP contribution in [-0.2, 0) is 13.0 Å². The van der Waals surface area contributed by atoms with E-state index in [-0.39, 0.29) is 5.82 Å². The van der Waals surface area contributed by atoms with Crippen LogP contribution in [0, 0.1) is 5.82 Å². The monoisotopic (exact) mass is 280 g/mol. The van der Waals surface area contributed by atoms with Crippen LogP contribution < -0.4 is 5.32 Å². The molecule has 1 aliphatic heterocycles. The third kappa shape index (κ3) is 2.82. The van der Waals surface area contributed by atoms with Gasteiger partial charge in [-0.15, -0.1) is 6.58 Å². The lowest BCUT2D eigenvalue weighted by molar-refractivity contribution is 0.308. The highest BCUT2D eigenvalue weighted by molar-refractivity contribution is 6.32. The van der Waals surface area contributed by atoms with Crippen molar-refractivity contribution in [2.75, 3.05) is 20.1 Å². The van der Waals surface area contributed by atoms with Gasteiger partial charge < -0.3 is 10.2 Å². The number of nitrogens with one attached hydrogen (secondary N) is 1. The highest BCUT2D eigenvalue weighted by atomic mass is 35.5. The van der Waals surface area contributed by atoms with Crippen molar-refractivity contribution in [2.45, 2.75) is 13.0 Å². The molecule has 0 fully saturated rings. The van der Waals surface area contributed by atoms with E-state index in [4.69, 9.17) is 11.6 Å². The molecule has 1 N–H and O–H groups in total. The van der Waals surface area contributed by atoms with Gasteiger partial charge in [-0.3, -0.25) is 0 Å². The predicted molar refractivity (Wildman–Crippen MR) is 78.7 cm³/mol. The van der Waals surface area contributed by atoms with Crippen molar-refractivity contribution >= 4 is 17.3 Å². The summed E-state index contributed by atoms with van der Waals surface area (Å²) in [7, 11) is 2.02. The molecule has 0 aliphatic carbocycles. The smallest absolute Gasteiger partial charge is 0.137 e. The van der Waals surface area contributed by atoms with Crippen LogP contribution in [0.25, 0.3) is 5.70 Å². The number of halogens is 2. The van der Waals surface area contributed by atoms with Crippen molar-refractivity contribution in [1.82, 2.24) is 10.2 Å². The number of hydrogen-bond donors (Lipinski definition) is 1. The molecule has 4 heteroatoms. The second-order valence-corrected chi connectivity index (χ2v) is 5.23. The Morgan fingerprint density at radius 2 is 2.37 bits per heavy atom. The van der Waals surface area contributed by atoms with E-state index in [0.717, 1.165) is 24.2 Å². The van der Waals surface area contributed by atoms with Crippen molar-refractivity contribution < 1.29 is 4.39 Å². The molecule has 1 aliphatic rings. The molecule has 0 aromatic heterocycles. The summed E-state index contributed by atoms with van der Waals surface area (Å²) in [6, 6.07) is 1.85. The minimum Gasteiger partial charge on any atom is -0.381 e. The van der Waals surface area contributed by atoms with Gasteiger partial charge in [0.2, 0.25) is 0 Å². The summed E-state index contributed by atoms with van der Waals surface area (Å²) in [5, 5.41) is 3.41. The first-order valence-electron chi connectivity index (χ1n) is 6.27. The first-order chi connectivity index (χ1) is 9.04. The second-order valence-electron chi connectivity index (χ2n) is 4.82. The van der Waals surface area contributed by atoms with E-state index in [0.29, 0.717) is 29.2 Å². The van der Waals surface area contributed by atoms with Crippen molar-refractivity contribution in [1.29, 1.82) is 0 Å². The Morgan fingerprint density at radius 3 is 3.05 bits per heavy atom. The number of benzene rings is 1. The Labute approximate surface area is 118 Å². The molecule has 2 nitrogen and oxygen atoms in total. The van der Waals surface area contributed by atoms with E-state index in [2.05, 4.69) is 23.4 Å². The van der Waals surface area contributed by atoms with E-state index in [1.807, 2.05) is 13.1 Å². The van der Waals surface area contributed by atoms with Crippen LogP contribution in [0.3, 0.4) is 0 Å². The Bertz CT molecular complexity index is 525. The Kier molecular flexibility index (Phi) is 4.27. The number of rotatable bonds is 4. The summed E-state index contributed by atoms with van der Waals surface area (Å²) < 4.78 is 14.6. The Hall–Kier alpha value is -1.32. The summed E-state index contributed by atoms with van der Waals surface area (Å²) in [5.74, 6) is -0.239. The Morgan fingerprint density at radius 1 is 1.63 bits per heavy atom. The fourth-order valence-corrected chi connectivity index (χ4v) is 2.68. The summed E-state index contributed by atoms with van der Waals surface area (Å²) in [6.07, 6.45) is 2.40. The highest BCUT2D eigenvalue weighted by Crippen LogP contribution is 2.32. The normalized spacial score (nSPS) is 14.9. The van der Waals surface area contributed by atoms with E-state index in [1.165, 1.54) is 0 Å². The van der Waals surface area contributed by atoms with E-state index in [1.54, 1.807) is 6.08 Å². The molecular formula is C15H18ClFN2. The SMILES string of the molecule is C=CCNC(=C)c1c(Cl)cc2c(c1F)CCN(C)C2. The number of nitrogens with zero attached hydrogens (tertiary/aromatic N) is 1. The molecule has 0 atom stereocenters.